The molecule has 0 heterocycles. The normalized spacial score (nSPS) is 13.4. The quantitative estimate of drug-likeness (QED) is 0.740. The van der Waals surface area contributed by atoms with Gasteiger partial charge < -0.3 is 5.32 Å². The first-order valence-electron chi connectivity index (χ1n) is 6.34. The summed E-state index contributed by atoms with van der Waals surface area (Å²) in [5, 5.41) is 2.94. The van der Waals surface area contributed by atoms with E-state index in [4.69, 9.17) is 11.6 Å². The summed E-state index contributed by atoms with van der Waals surface area (Å²) in [6.45, 7) is 2.50. The fraction of sp³-hybridized carbons (Fsp3) is 0.538. The molecule has 0 amide bonds. The van der Waals surface area contributed by atoms with Gasteiger partial charge in [0.25, 0.3) is 0 Å². The number of benzene rings is 1. The molecule has 20 heavy (non-hydrogen) atoms. The third kappa shape index (κ3) is 4.31. The molecule has 0 saturated heterocycles. The van der Waals surface area contributed by atoms with Crippen LogP contribution in [0.5, 0.6) is 0 Å². The number of hydrogen-bond acceptors (Lipinski definition) is 3. The number of para-hydroxylation sites is 1. The lowest BCUT2D eigenvalue weighted by Crippen LogP contribution is -2.18. The summed E-state index contributed by atoms with van der Waals surface area (Å²) in [5.41, 5.74) is 0.209. The number of sulfone groups is 1. The molecular formula is C13H18ClF2NO2S. The molecule has 0 aromatic heterocycles. The molecule has 3 nitrogen and oxygen atoms in total. The van der Waals surface area contributed by atoms with E-state index in [2.05, 4.69) is 5.32 Å². The van der Waals surface area contributed by atoms with Gasteiger partial charge in [0, 0.05) is 12.4 Å². The number of halogens is 3. The molecule has 1 unspecified atom stereocenters. The zero-order valence-electron chi connectivity index (χ0n) is 11.2. The van der Waals surface area contributed by atoms with Crippen LogP contribution in [0.15, 0.2) is 29.2 Å². The molecule has 1 atom stereocenters. The van der Waals surface area contributed by atoms with E-state index in [0.29, 0.717) is 12.4 Å². The zero-order valence-corrected chi connectivity index (χ0v) is 12.7. The highest BCUT2D eigenvalue weighted by atomic mass is 35.5. The second-order valence-electron chi connectivity index (χ2n) is 4.43. The van der Waals surface area contributed by atoms with Gasteiger partial charge in [0.05, 0.1) is 10.6 Å². The van der Waals surface area contributed by atoms with Crippen molar-refractivity contribution in [2.45, 2.75) is 30.4 Å². The van der Waals surface area contributed by atoms with Crippen molar-refractivity contribution in [1.29, 1.82) is 0 Å². The number of alkyl halides is 3. The second kappa shape index (κ2) is 7.78. The molecule has 0 spiro atoms. The molecule has 0 fully saturated rings. The fourth-order valence-electron chi connectivity index (χ4n) is 1.82. The Balaban J connectivity index is 2.92. The molecular weight excluding hydrogens is 308 g/mol. The van der Waals surface area contributed by atoms with Crippen LogP contribution in [0.4, 0.5) is 14.5 Å². The summed E-state index contributed by atoms with van der Waals surface area (Å²) < 4.78 is 48.4. The summed E-state index contributed by atoms with van der Waals surface area (Å²) in [6.07, 6.45) is 1.66. The van der Waals surface area contributed by atoms with Crippen molar-refractivity contribution in [3.05, 3.63) is 24.3 Å². The van der Waals surface area contributed by atoms with Crippen LogP contribution in [-0.4, -0.2) is 26.6 Å². The molecule has 1 rings (SSSR count). The summed E-state index contributed by atoms with van der Waals surface area (Å²) in [4.78, 5) is -0.365. The molecule has 0 aliphatic heterocycles. The zero-order chi connectivity index (χ0) is 15.2. The van der Waals surface area contributed by atoms with E-state index in [0.717, 1.165) is 12.8 Å². The van der Waals surface area contributed by atoms with Crippen LogP contribution >= 0.6 is 11.6 Å². The minimum Gasteiger partial charge on any atom is -0.384 e. The predicted molar refractivity (Wildman–Crippen MR) is 77.2 cm³/mol. The van der Waals surface area contributed by atoms with Gasteiger partial charge in [0.15, 0.2) is 0 Å². The largest absolute Gasteiger partial charge is 0.384 e. The molecule has 1 aromatic rings. The van der Waals surface area contributed by atoms with E-state index in [1.54, 1.807) is 6.07 Å². The molecule has 0 aliphatic carbocycles. The first-order chi connectivity index (χ1) is 9.43. The smallest absolute Gasteiger partial charge is 0.341 e. The van der Waals surface area contributed by atoms with Gasteiger partial charge in [-0.05, 0) is 24.5 Å². The average molecular weight is 326 g/mol. The number of hydrogen-bond donors (Lipinski definition) is 1. The second-order valence-corrected chi connectivity index (χ2v) is 6.70. The van der Waals surface area contributed by atoms with E-state index in [1.165, 1.54) is 18.2 Å². The molecule has 7 heteroatoms. The molecule has 0 aliphatic rings. The Morgan fingerprint density at radius 2 is 1.95 bits per heavy atom. The van der Waals surface area contributed by atoms with E-state index in [1.807, 2.05) is 6.92 Å². The molecule has 0 saturated carbocycles. The Kier molecular flexibility index (Phi) is 6.68. The van der Waals surface area contributed by atoms with Crippen LogP contribution in [0.3, 0.4) is 0 Å². The van der Waals surface area contributed by atoms with Gasteiger partial charge >= 0.3 is 5.76 Å². The Bertz CT molecular complexity index is 523. The van der Waals surface area contributed by atoms with E-state index < -0.39 is 15.6 Å². The third-order valence-electron chi connectivity index (χ3n) is 3.10. The van der Waals surface area contributed by atoms with Gasteiger partial charge in [-0.3, -0.25) is 0 Å². The Hall–Kier alpha value is -0.880. The predicted octanol–water partition coefficient (Wildman–Crippen LogP) is 3.75. The topological polar surface area (TPSA) is 46.2 Å². The lowest BCUT2D eigenvalue weighted by atomic mass is 10.0. The first-order valence-corrected chi connectivity index (χ1v) is 8.42. The fourth-order valence-corrected chi connectivity index (χ4v) is 3.03. The van der Waals surface area contributed by atoms with Crippen LogP contribution in [0.25, 0.3) is 0 Å². The maximum Gasteiger partial charge on any atom is 0.341 e. The van der Waals surface area contributed by atoms with Crippen molar-refractivity contribution in [3.63, 3.8) is 0 Å². The van der Waals surface area contributed by atoms with Gasteiger partial charge in [-0.15, -0.1) is 11.6 Å². The first kappa shape index (κ1) is 17.2. The number of nitrogens with one attached hydrogen (secondary N) is 1. The maximum absolute atomic E-state index is 12.6. The van der Waals surface area contributed by atoms with Crippen molar-refractivity contribution in [2.75, 3.05) is 17.7 Å². The van der Waals surface area contributed by atoms with Crippen molar-refractivity contribution in [2.24, 2.45) is 5.92 Å². The lowest BCUT2D eigenvalue weighted by Gasteiger charge is -2.17. The molecule has 0 bridgehead atoms. The van der Waals surface area contributed by atoms with Crippen molar-refractivity contribution in [1.82, 2.24) is 0 Å². The molecule has 114 valence electrons. The van der Waals surface area contributed by atoms with Gasteiger partial charge in [-0.1, -0.05) is 25.5 Å². The van der Waals surface area contributed by atoms with Gasteiger partial charge in [-0.2, -0.15) is 8.78 Å². The highest BCUT2D eigenvalue weighted by Crippen LogP contribution is 2.26. The standard InChI is InChI=1S/C13H18ClF2NO2S/c1-2-10(7-8-14)9-17-11-5-3-4-6-12(11)20(18,19)13(15)16/h3-6,10,13,17H,2,7-9H2,1H3. The van der Waals surface area contributed by atoms with Crippen LogP contribution in [0, 0.1) is 5.92 Å². The van der Waals surface area contributed by atoms with Crippen molar-refractivity contribution in [3.8, 4) is 0 Å². The Morgan fingerprint density at radius 1 is 1.30 bits per heavy atom. The van der Waals surface area contributed by atoms with Crippen molar-refractivity contribution < 1.29 is 17.2 Å². The Morgan fingerprint density at radius 3 is 2.50 bits per heavy atom. The maximum atomic E-state index is 12.6. The minimum absolute atomic E-state index is 0.209. The summed E-state index contributed by atoms with van der Waals surface area (Å²) in [5.74, 6) is -2.64. The van der Waals surface area contributed by atoms with Gasteiger partial charge in [-0.25, -0.2) is 8.42 Å². The van der Waals surface area contributed by atoms with Crippen LogP contribution in [0.2, 0.25) is 0 Å². The average Bonchev–Trinajstić information content (AvgIpc) is 2.43. The third-order valence-corrected chi connectivity index (χ3v) is 4.76. The van der Waals surface area contributed by atoms with Crippen LogP contribution < -0.4 is 5.32 Å². The Labute approximate surface area is 123 Å². The van der Waals surface area contributed by atoms with E-state index in [-0.39, 0.29) is 16.5 Å². The number of rotatable bonds is 8. The highest BCUT2D eigenvalue weighted by Gasteiger charge is 2.28. The lowest BCUT2D eigenvalue weighted by molar-refractivity contribution is 0.235. The minimum atomic E-state index is -4.60. The summed E-state index contributed by atoms with van der Waals surface area (Å²) in [7, 11) is -4.60. The summed E-state index contributed by atoms with van der Waals surface area (Å²) in [6, 6.07) is 5.71. The molecule has 0 radical (unpaired) electrons. The van der Waals surface area contributed by atoms with Crippen LogP contribution in [-0.2, 0) is 9.84 Å². The molecule has 1 N–H and O–H groups in total. The van der Waals surface area contributed by atoms with Crippen LogP contribution in [0.1, 0.15) is 19.8 Å². The summed E-state index contributed by atoms with van der Waals surface area (Å²) >= 11 is 5.68. The monoisotopic (exact) mass is 325 g/mol. The number of anilines is 1. The van der Waals surface area contributed by atoms with Gasteiger partial charge in [0.1, 0.15) is 0 Å². The van der Waals surface area contributed by atoms with Gasteiger partial charge in [0.2, 0.25) is 9.84 Å². The van der Waals surface area contributed by atoms with E-state index in [9.17, 15) is 17.2 Å². The van der Waals surface area contributed by atoms with Crippen molar-refractivity contribution >= 4 is 27.1 Å². The molecule has 1 aromatic carbocycles. The highest BCUT2D eigenvalue weighted by molar-refractivity contribution is 7.91. The SMILES string of the molecule is CCC(CCCl)CNc1ccccc1S(=O)(=O)C(F)F. The van der Waals surface area contributed by atoms with E-state index >= 15 is 0 Å².